The van der Waals surface area contributed by atoms with Crippen molar-refractivity contribution in [2.45, 2.75) is 0 Å². The fourth-order valence-electron chi connectivity index (χ4n) is 3.35. The summed E-state index contributed by atoms with van der Waals surface area (Å²) < 4.78 is 10.6. The van der Waals surface area contributed by atoms with Gasteiger partial charge in [0.25, 0.3) is 11.6 Å². The standard InChI is InChI=1S/C24H19N3O5/c1-31-21-13-8-16(15-22(21)32-2)14-20-23(17-6-4-3-5-7-17)25-26(24(20)28)18-9-11-19(12-10-18)27(29)30/h3-15H,1-2H3/b20-14-. The third-order valence-electron chi connectivity index (χ3n) is 4.95. The molecule has 32 heavy (non-hydrogen) atoms. The highest BCUT2D eigenvalue weighted by molar-refractivity contribution is 6.37. The Morgan fingerprint density at radius 3 is 2.25 bits per heavy atom. The summed E-state index contributed by atoms with van der Waals surface area (Å²) in [6.07, 6.45) is 1.74. The predicted molar refractivity (Wildman–Crippen MR) is 121 cm³/mol. The zero-order valence-corrected chi connectivity index (χ0v) is 17.4. The second kappa shape index (κ2) is 8.73. The van der Waals surface area contributed by atoms with Gasteiger partial charge in [-0.1, -0.05) is 36.4 Å². The summed E-state index contributed by atoms with van der Waals surface area (Å²) in [6, 6.07) is 20.4. The first kappa shape index (κ1) is 20.8. The van der Waals surface area contributed by atoms with Gasteiger partial charge in [0.2, 0.25) is 0 Å². The van der Waals surface area contributed by atoms with Crippen LogP contribution in [0.4, 0.5) is 11.4 Å². The smallest absolute Gasteiger partial charge is 0.281 e. The number of carbonyl (C=O) groups is 1. The Labute approximate surface area is 184 Å². The largest absolute Gasteiger partial charge is 0.493 e. The van der Waals surface area contributed by atoms with Gasteiger partial charge in [0, 0.05) is 17.7 Å². The van der Waals surface area contributed by atoms with Crippen molar-refractivity contribution in [3.05, 3.63) is 99.6 Å². The Morgan fingerprint density at radius 1 is 0.938 bits per heavy atom. The van der Waals surface area contributed by atoms with Crippen LogP contribution in [0.2, 0.25) is 0 Å². The molecule has 0 bridgehead atoms. The van der Waals surface area contributed by atoms with Gasteiger partial charge in [-0.25, -0.2) is 0 Å². The Kier molecular flexibility index (Phi) is 5.67. The van der Waals surface area contributed by atoms with Crippen molar-refractivity contribution in [1.82, 2.24) is 0 Å². The van der Waals surface area contributed by atoms with E-state index in [1.54, 1.807) is 32.4 Å². The van der Waals surface area contributed by atoms with Crippen LogP contribution in [0.15, 0.2) is 83.5 Å². The minimum Gasteiger partial charge on any atom is -0.493 e. The molecule has 0 aromatic heterocycles. The molecule has 0 spiro atoms. The van der Waals surface area contributed by atoms with Gasteiger partial charge in [0.15, 0.2) is 11.5 Å². The van der Waals surface area contributed by atoms with E-state index in [0.717, 1.165) is 11.1 Å². The summed E-state index contributed by atoms with van der Waals surface area (Å²) in [6.45, 7) is 0. The van der Waals surface area contributed by atoms with Crippen LogP contribution in [-0.4, -0.2) is 30.8 Å². The summed E-state index contributed by atoms with van der Waals surface area (Å²) in [7, 11) is 3.10. The lowest BCUT2D eigenvalue weighted by Crippen LogP contribution is -2.21. The van der Waals surface area contributed by atoms with Crippen molar-refractivity contribution in [3.63, 3.8) is 0 Å². The maximum Gasteiger partial charge on any atom is 0.281 e. The molecule has 8 heteroatoms. The van der Waals surface area contributed by atoms with Crippen LogP contribution < -0.4 is 14.5 Å². The molecular weight excluding hydrogens is 410 g/mol. The lowest BCUT2D eigenvalue weighted by molar-refractivity contribution is -0.384. The fraction of sp³-hybridized carbons (Fsp3) is 0.0833. The molecule has 3 aromatic rings. The minimum absolute atomic E-state index is 0.0613. The highest BCUT2D eigenvalue weighted by Crippen LogP contribution is 2.32. The Bertz CT molecular complexity index is 1230. The third kappa shape index (κ3) is 3.93. The van der Waals surface area contributed by atoms with Crippen molar-refractivity contribution in [2.24, 2.45) is 5.10 Å². The zero-order valence-electron chi connectivity index (χ0n) is 17.4. The van der Waals surface area contributed by atoms with E-state index in [2.05, 4.69) is 5.10 Å². The maximum atomic E-state index is 13.3. The van der Waals surface area contributed by atoms with Crippen LogP contribution in [0.1, 0.15) is 11.1 Å². The molecule has 0 atom stereocenters. The van der Waals surface area contributed by atoms with Gasteiger partial charge < -0.3 is 9.47 Å². The molecule has 1 amide bonds. The number of hydrazone groups is 1. The van der Waals surface area contributed by atoms with Crippen LogP contribution >= 0.6 is 0 Å². The van der Waals surface area contributed by atoms with E-state index in [1.165, 1.54) is 29.3 Å². The average molecular weight is 429 g/mol. The van der Waals surface area contributed by atoms with Gasteiger partial charge in [-0.2, -0.15) is 10.1 Å². The number of hydrogen-bond acceptors (Lipinski definition) is 6. The third-order valence-corrected chi connectivity index (χ3v) is 4.95. The second-order valence-corrected chi connectivity index (χ2v) is 6.88. The number of nitro benzene ring substituents is 1. The quantitative estimate of drug-likeness (QED) is 0.328. The van der Waals surface area contributed by atoms with E-state index in [1.807, 2.05) is 36.4 Å². The number of carbonyl (C=O) groups excluding carboxylic acids is 1. The van der Waals surface area contributed by atoms with Crippen molar-refractivity contribution in [3.8, 4) is 11.5 Å². The molecular formula is C24H19N3O5. The molecule has 1 aliphatic rings. The van der Waals surface area contributed by atoms with Crippen molar-refractivity contribution in [2.75, 3.05) is 19.2 Å². The Hall–Kier alpha value is -4.46. The van der Waals surface area contributed by atoms with Crippen LogP contribution in [0.25, 0.3) is 6.08 Å². The number of methoxy groups -OCH3 is 2. The number of non-ortho nitro benzene ring substituents is 1. The highest BCUT2D eigenvalue weighted by Gasteiger charge is 2.32. The molecule has 0 saturated heterocycles. The molecule has 1 aliphatic heterocycles. The van der Waals surface area contributed by atoms with E-state index in [9.17, 15) is 14.9 Å². The van der Waals surface area contributed by atoms with Gasteiger partial charge in [-0.15, -0.1) is 0 Å². The number of amides is 1. The highest BCUT2D eigenvalue weighted by atomic mass is 16.6. The number of nitrogens with zero attached hydrogens (tertiary/aromatic N) is 3. The van der Waals surface area contributed by atoms with Gasteiger partial charge in [-0.3, -0.25) is 14.9 Å². The number of ether oxygens (including phenoxy) is 2. The summed E-state index contributed by atoms with van der Waals surface area (Å²) >= 11 is 0. The molecule has 3 aromatic carbocycles. The predicted octanol–water partition coefficient (Wildman–Crippen LogP) is 4.45. The molecule has 0 N–H and O–H groups in total. The summed E-state index contributed by atoms with van der Waals surface area (Å²) in [5.74, 6) is 0.780. The van der Waals surface area contributed by atoms with Gasteiger partial charge in [0.05, 0.1) is 30.4 Å². The summed E-state index contributed by atoms with van der Waals surface area (Å²) in [5.41, 5.74) is 2.78. The van der Waals surface area contributed by atoms with E-state index in [4.69, 9.17) is 9.47 Å². The Balaban J connectivity index is 1.79. The van der Waals surface area contributed by atoms with E-state index >= 15 is 0 Å². The van der Waals surface area contributed by atoms with Crippen molar-refractivity contribution in [1.29, 1.82) is 0 Å². The first-order chi connectivity index (χ1) is 15.5. The molecule has 1 heterocycles. The molecule has 160 valence electrons. The molecule has 0 saturated carbocycles. The number of nitro groups is 1. The maximum absolute atomic E-state index is 13.3. The molecule has 0 fully saturated rings. The molecule has 0 unspecified atom stereocenters. The number of hydrogen-bond donors (Lipinski definition) is 0. The fourth-order valence-corrected chi connectivity index (χ4v) is 3.35. The summed E-state index contributed by atoms with van der Waals surface area (Å²) in [5, 5.41) is 16.8. The molecule has 0 aliphatic carbocycles. The van der Waals surface area contributed by atoms with E-state index in [0.29, 0.717) is 28.5 Å². The van der Waals surface area contributed by atoms with Crippen LogP contribution in [0.3, 0.4) is 0 Å². The Morgan fingerprint density at radius 2 is 1.62 bits per heavy atom. The van der Waals surface area contributed by atoms with Gasteiger partial charge in [0.1, 0.15) is 5.71 Å². The van der Waals surface area contributed by atoms with Crippen molar-refractivity contribution >= 4 is 29.1 Å². The lowest BCUT2D eigenvalue weighted by atomic mass is 10.00. The van der Waals surface area contributed by atoms with Crippen LogP contribution in [0.5, 0.6) is 11.5 Å². The lowest BCUT2D eigenvalue weighted by Gasteiger charge is -2.11. The monoisotopic (exact) mass is 429 g/mol. The second-order valence-electron chi connectivity index (χ2n) is 6.88. The first-order valence-electron chi connectivity index (χ1n) is 9.69. The zero-order chi connectivity index (χ0) is 22.7. The number of anilines is 1. The van der Waals surface area contributed by atoms with Gasteiger partial charge in [-0.05, 0) is 35.9 Å². The molecule has 0 radical (unpaired) electrons. The van der Waals surface area contributed by atoms with Crippen LogP contribution in [-0.2, 0) is 4.79 Å². The van der Waals surface area contributed by atoms with E-state index in [-0.39, 0.29) is 11.6 Å². The van der Waals surface area contributed by atoms with Gasteiger partial charge >= 0.3 is 0 Å². The normalized spacial score (nSPS) is 14.4. The first-order valence-corrected chi connectivity index (χ1v) is 9.69. The summed E-state index contributed by atoms with van der Waals surface area (Å²) in [4.78, 5) is 23.8. The topological polar surface area (TPSA) is 94.3 Å². The van der Waals surface area contributed by atoms with Crippen LogP contribution in [0, 0.1) is 10.1 Å². The van der Waals surface area contributed by atoms with E-state index < -0.39 is 4.92 Å². The SMILES string of the molecule is COc1ccc(/C=C2\C(=O)N(c3ccc([N+](=O)[O-])cc3)N=C2c2ccccc2)cc1OC. The van der Waals surface area contributed by atoms with Crippen molar-refractivity contribution < 1.29 is 19.2 Å². The molecule has 4 rings (SSSR count). The average Bonchev–Trinajstić information content (AvgIpc) is 3.15. The minimum atomic E-state index is -0.489. The number of rotatable bonds is 6. The number of benzene rings is 3. The molecule has 8 nitrogen and oxygen atoms in total.